The predicted octanol–water partition coefficient (Wildman–Crippen LogP) is 5.19. The van der Waals surface area contributed by atoms with Crippen LogP contribution in [0.5, 0.6) is 5.75 Å². The lowest BCUT2D eigenvalue weighted by molar-refractivity contribution is -0.115. The van der Waals surface area contributed by atoms with Crippen LogP contribution in [0.3, 0.4) is 0 Å². The van der Waals surface area contributed by atoms with Crippen molar-refractivity contribution in [2.75, 3.05) is 25.6 Å². The van der Waals surface area contributed by atoms with E-state index < -0.39 is 11.7 Å². The minimum absolute atomic E-state index is 0.143. The quantitative estimate of drug-likeness (QED) is 0.441. The number of amides is 1. The number of benzene rings is 2. The summed E-state index contributed by atoms with van der Waals surface area (Å²) < 4.78 is 17.5. The van der Waals surface area contributed by atoms with Gasteiger partial charge in [-0.25, -0.2) is 4.79 Å². The van der Waals surface area contributed by atoms with Crippen molar-refractivity contribution < 1.29 is 23.8 Å². The molecule has 0 aliphatic carbocycles. The zero-order valence-electron chi connectivity index (χ0n) is 19.6. The maximum absolute atomic E-state index is 12.6. The van der Waals surface area contributed by atoms with Crippen molar-refractivity contribution in [1.29, 1.82) is 0 Å². The van der Waals surface area contributed by atoms with Gasteiger partial charge in [-0.15, -0.1) is 0 Å². The van der Waals surface area contributed by atoms with Gasteiger partial charge in [0.2, 0.25) is 5.91 Å². The van der Waals surface area contributed by atoms with Gasteiger partial charge in [-0.1, -0.05) is 29.8 Å². The lowest BCUT2D eigenvalue weighted by Gasteiger charge is -2.18. The van der Waals surface area contributed by atoms with Crippen molar-refractivity contribution in [2.24, 2.45) is 0 Å². The molecular formula is C25H28ClN3O5. The molecular weight excluding hydrogens is 458 g/mol. The Hall–Kier alpha value is -3.36. The number of hydrogen-bond acceptors (Lipinski definition) is 6. The molecule has 0 saturated carbocycles. The van der Waals surface area contributed by atoms with Crippen LogP contribution in [0, 0.1) is 0 Å². The number of aromatic nitrogens is 2. The van der Waals surface area contributed by atoms with Gasteiger partial charge in [0.05, 0.1) is 19.2 Å². The van der Waals surface area contributed by atoms with Crippen LogP contribution in [-0.2, 0) is 20.7 Å². The summed E-state index contributed by atoms with van der Waals surface area (Å²) in [5.41, 5.74) is 2.03. The van der Waals surface area contributed by atoms with Crippen molar-refractivity contribution in [3.05, 3.63) is 65.4 Å². The number of methoxy groups -OCH3 is 1. The molecule has 0 saturated heterocycles. The fraction of sp³-hybridized carbons (Fsp3) is 0.320. The molecule has 1 aromatic heterocycles. The average Bonchev–Trinajstić information content (AvgIpc) is 3.25. The molecule has 0 atom stereocenters. The topological polar surface area (TPSA) is 91.7 Å². The van der Waals surface area contributed by atoms with Crippen LogP contribution in [0.25, 0.3) is 11.1 Å². The van der Waals surface area contributed by atoms with Crippen LogP contribution in [-0.4, -0.2) is 47.7 Å². The fourth-order valence-electron chi connectivity index (χ4n) is 3.08. The van der Waals surface area contributed by atoms with E-state index in [1.807, 2.05) is 18.2 Å². The molecule has 34 heavy (non-hydrogen) atoms. The number of ether oxygens (including phenoxy) is 3. The molecule has 0 unspecified atom stereocenters. The molecule has 0 radical (unpaired) electrons. The molecule has 3 aromatic rings. The van der Waals surface area contributed by atoms with Crippen molar-refractivity contribution in [1.82, 2.24) is 9.78 Å². The van der Waals surface area contributed by atoms with Crippen molar-refractivity contribution >= 4 is 29.3 Å². The number of carbonyl (C=O) groups is 2. The van der Waals surface area contributed by atoms with E-state index in [9.17, 15) is 9.59 Å². The zero-order valence-corrected chi connectivity index (χ0v) is 20.4. The Labute approximate surface area is 203 Å². The van der Waals surface area contributed by atoms with E-state index in [1.165, 1.54) is 0 Å². The van der Waals surface area contributed by atoms with Crippen molar-refractivity contribution in [3.8, 4) is 16.9 Å². The van der Waals surface area contributed by atoms with Crippen LogP contribution in [0.4, 0.5) is 10.5 Å². The molecule has 0 aliphatic rings. The second kappa shape index (κ2) is 11.2. The van der Waals surface area contributed by atoms with E-state index in [4.69, 9.17) is 25.8 Å². The Morgan fingerprint density at radius 2 is 1.88 bits per heavy atom. The van der Waals surface area contributed by atoms with E-state index >= 15 is 0 Å². The third-order valence-corrected chi connectivity index (χ3v) is 4.96. The number of hydrogen-bond donors (Lipinski definition) is 1. The number of halogens is 1. The first-order valence-electron chi connectivity index (χ1n) is 10.7. The smallest absolute Gasteiger partial charge is 0.435 e. The minimum atomic E-state index is -0.637. The number of nitrogens with zero attached hydrogens (tertiary/aromatic N) is 2. The first-order chi connectivity index (χ1) is 16.2. The van der Waals surface area contributed by atoms with Crippen LogP contribution in [0.15, 0.2) is 54.9 Å². The third-order valence-electron chi connectivity index (χ3n) is 4.59. The minimum Gasteiger partial charge on any atom is -0.490 e. The highest BCUT2D eigenvalue weighted by atomic mass is 35.5. The number of nitrogens with one attached hydrogen (secondary N) is 1. The van der Waals surface area contributed by atoms with E-state index in [0.29, 0.717) is 40.8 Å². The third kappa shape index (κ3) is 7.07. The summed E-state index contributed by atoms with van der Waals surface area (Å²) in [6, 6.07) is 12.5. The highest BCUT2D eigenvalue weighted by Gasteiger charge is 2.20. The monoisotopic (exact) mass is 485 g/mol. The zero-order chi connectivity index (χ0) is 24.7. The maximum Gasteiger partial charge on any atom is 0.435 e. The van der Waals surface area contributed by atoms with Gasteiger partial charge in [0.15, 0.2) is 0 Å². The maximum atomic E-state index is 12.6. The van der Waals surface area contributed by atoms with Gasteiger partial charge >= 0.3 is 6.09 Å². The SMILES string of the molecule is COCCOc1cc(NC(=O)Cc2ccccc2Cl)ccc1-c1cnn(C(=O)OC(C)(C)C)c1. The highest BCUT2D eigenvalue weighted by molar-refractivity contribution is 6.31. The molecule has 9 heteroatoms. The Balaban J connectivity index is 1.81. The van der Waals surface area contributed by atoms with E-state index in [0.717, 1.165) is 10.2 Å². The second-order valence-corrected chi connectivity index (χ2v) is 8.93. The van der Waals surface area contributed by atoms with Crippen LogP contribution in [0.1, 0.15) is 26.3 Å². The second-order valence-electron chi connectivity index (χ2n) is 8.52. The molecule has 0 fully saturated rings. The molecule has 3 rings (SSSR count). The first kappa shape index (κ1) is 25.3. The molecule has 0 bridgehead atoms. The number of carbonyl (C=O) groups excluding carboxylic acids is 2. The molecule has 1 N–H and O–H groups in total. The van der Waals surface area contributed by atoms with Gasteiger partial charge in [0.25, 0.3) is 0 Å². The van der Waals surface area contributed by atoms with E-state index in [-0.39, 0.29) is 12.3 Å². The molecule has 1 amide bonds. The van der Waals surface area contributed by atoms with Gasteiger partial charge < -0.3 is 19.5 Å². The summed E-state index contributed by atoms with van der Waals surface area (Å²) >= 11 is 6.16. The summed E-state index contributed by atoms with van der Waals surface area (Å²) in [6.45, 7) is 6.06. The Morgan fingerprint density at radius 1 is 1.12 bits per heavy atom. The van der Waals surface area contributed by atoms with Gasteiger partial charge in [-0.2, -0.15) is 9.78 Å². The molecule has 0 aliphatic heterocycles. The summed E-state index contributed by atoms with van der Waals surface area (Å²) in [7, 11) is 1.58. The lowest BCUT2D eigenvalue weighted by Crippen LogP contribution is -2.27. The van der Waals surface area contributed by atoms with E-state index in [2.05, 4.69) is 10.4 Å². The van der Waals surface area contributed by atoms with Crippen LogP contribution in [0.2, 0.25) is 5.02 Å². The van der Waals surface area contributed by atoms with Gasteiger partial charge in [-0.3, -0.25) is 4.79 Å². The van der Waals surface area contributed by atoms with Gasteiger partial charge in [0.1, 0.15) is 18.0 Å². The summed E-state index contributed by atoms with van der Waals surface area (Å²) in [5.74, 6) is 0.303. The normalized spacial score (nSPS) is 11.2. The Morgan fingerprint density at radius 3 is 2.59 bits per heavy atom. The summed E-state index contributed by atoms with van der Waals surface area (Å²) in [4.78, 5) is 24.9. The van der Waals surface area contributed by atoms with Crippen LogP contribution < -0.4 is 10.1 Å². The molecule has 2 aromatic carbocycles. The van der Waals surface area contributed by atoms with Gasteiger partial charge in [0, 0.05) is 41.2 Å². The van der Waals surface area contributed by atoms with Crippen molar-refractivity contribution in [2.45, 2.75) is 32.8 Å². The van der Waals surface area contributed by atoms with Gasteiger partial charge in [-0.05, 0) is 44.5 Å². The number of anilines is 1. The largest absolute Gasteiger partial charge is 0.490 e. The highest BCUT2D eigenvalue weighted by Crippen LogP contribution is 2.33. The van der Waals surface area contributed by atoms with Crippen molar-refractivity contribution in [3.63, 3.8) is 0 Å². The Bertz CT molecular complexity index is 1150. The lowest BCUT2D eigenvalue weighted by atomic mass is 10.1. The first-order valence-corrected chi connectivity index (χ1v) is 11.1. The summed E-state index contributed by atoms with van der Waals surface area (Å²) in [5, 5.41) is 7.53. The molecule has 1 heterocycles. The average molecular weight is 486 g/mol. The standard InChI is InChI=1S/C25H28ClN3O5/c1-25(2,3)34-24(31)29-16-18(15-27-29)20-10-9-19(14-22(20)33-12-11-32-4)28-23(30)13-17-7-5-6-8-21(17)26/h5-10,14-16H,11-13H2,1-4H3,(H,28,30). The predicted molar refractivity (Wildman–Crippen MR) is 130 cm³/mol. The molecule has 0 spiro atoms. The molecule has 8 nitrogen and oxygen atoms in total. The summed E-state index contributed by atoms with van der Waals surface area (Å²) in [6.07, 6.45) is 2.69. The van der Waals surface area contributed by atoms with E-state index in [1.54, 1.807) is 64.5 Å². The molecule has 180 valence electrons. The number of rotatable bonds is 8. The van der Waals surface area contributed by atoms with Crippen LogP contribution >= 0.6 is 11.6 Å². The fourth-order valence-corrected chi connectivity index (χ4v) is 3.29. The Kier molecular flexibility index (Phi) is 8.31.